The van der Waals surface area contributed by atoms with E-state index in [2.05, 4.69) is 33.2 Å². The van der Waals surface area contributed by atoms with Crippen LogP contribution in [0.25, 0.3) is 6.08 Å². The molecule has 1 aliphatic rings. The van der Waals surface area contributed by atoms with E-state index in [1.54, 1.807) is 36.4 Å². The third kappa shape index (κ3) is 8.10. The van der Waals surface area contributed by atoms with Gasteiger partial charge in [-0.1, -0.05) is 12.1 Å². The van der Waals surface area contributed by atoms with Crippen LogP contribution in [0.2, 0.25) is 0 Å². The van der Waals surface area contributed by atoms with Crippen LogP contribution < -0.4 is 20.1 Å². The predicted octanol–water partition coefficient (Wildman–Crippen LogP) is 6.00. The second-order valence-electron chi connectivity index (χ2n) is 9.10. The SMILES string of the molecule is CCOc1cc(/C=C2/SC(=O)N(CC(=O)Nc3ccc(I)cc3)C2=O)ccc1OCC(=O)Nc1ccc(C)c(C)c1. The molecule has 0 saturated carbocycles. The number of hydrogen-bond acceptors (Lipinski definition) is 7. The van der Waals surface area contributed by atoms with Crippen LogP contribution in [0.4, 0.5) is 16.2 Å². The molecule has 0 unspecified atom stereocenters. The molecule has 3 aromatic rings. The molecular formula is C30H28IN3O6S. The zero-order valence-corrected chi connectivity index (χ0v) is 25.6. The largest absolute Gasteiger partial charge is 0.490 e. The van der Waals surface area contributed by atoms with Gasteiger partial charge in [-0.15, -0.1) is 0 Å². The second-order valence-corrected chi connectivity index (χ2v) is 11.3. The van der Waals surface area contributed by atoms with Crippen LogP contribution >= 0.6 is 34.4 Å². The molecule has 1 aliphatic heterocycles. The summed E-state index contributed by atoms with van der Waals surface area (Å²) in [5, 5.41) is 4.98. The molecule has 9 nitrogen and oxygen atoms in total. The van der Waals surface area contributed by atoms with Crippen molar-refractivity contribution in [2.75, 3.05) is 30.4 Å². The summed E-state index contributed by atoms with van der Waals surface area (Å²) in [4.78, 5) is 51.4. The number of carbonyl (C=O) groups is 4. The summed E-state index contributed by atoms with van der Waals surface area (Å²) in [5.74, 6) is -0.606. The second kappa shape index (κ2) is 13.7. The summed E-state index contributed by atoms with van der Waals surface area (Å²) in [6.07, 6.45) is 1.56. The number of halogens is 1. The van der Waals surface area contributed by atoms with Crippen LogP contribution in [-0.2, 0) is 14.4 Å². The smallest absolute Gasteiger partial charge is 0.294 e. The van der Waals surface area contributed by atoms with Gasteiger partial charge in [0.05, 0.1) is 11.5 Å². The minimum absolute atomic E-state index is 0.181. The number of benzene rings is 3. The van der Waals surface area contributed by atoms with E-state index >= 15 is 0 Å². The maximum atomic E-state index is 12.9. The molecule has 0 spiro atoms. The number of aryl methyl sites for hydroxylation is 2. The highest BCUT2D eigenvalue weighted by molar-refractivity contribution is 14.1. The molecule has 1 heterocycles. The topological polar surface area (TPSA) is 114 Å². The molecule has 0 aliphatic carbocycles. The van der Waals surface area contributed by atoms with E-state index in [9.17, 15) is 19.2 Å². The Morgan fingerprint density at radius 1 is 0.878 bits per heavy atom. The third-order valence-corrected chi connectivity index (χ3v) is 7.64. The van der Waals surface area contributed by atoms with Gasteiger partial charge in [0.2, 0.25) is 5.91 Å². The number of rotatable bonds is 10. The lowest BCUT2D eigenvalue weighted by Gasteiger charge is -2.13. The number of nitrogens with one attached hydrogen (secondary N) is 2. The maximum absolute atomic E-state index is 12.9. The van der Waals surface area contributed by atoms with Gasteiger partial charge in [0.15, 0.2) is 18.1 Å². The monoisotopic (exact) mass is 685 g/mol. The van der Waals surface area contributed by atoms with Gasteiger partial charge in [0.25, 0.3) is 17.1 Å². The number of hydrogen-bond donors (Lipinski definition) is 2. The molecule has 4 amide bonds. The number of nitrogens with zero attached hydrogens (tertiary/aromatic N) is 1. The van der Waals surface area contributed by atoms with Gasteiger partial charge >= 0.3 is 0 Å². The van der Waals surface area contributed by atoms with E-state index < -0.39 is 23.6 Å². The average Bonchev–Trinajstić information content (AvgIpc) is 3.19. The molecule has 0 radical (unpaired) electrons. The van der Waals surface area contributed by atoms with Crippen LogP contribution in [0.3, 0.4) is 0 Å². The first-order valence-corrected chi connectivity index (χ1v) is 14.6. The number of imide groups is 1. The van der Waals surface area contributed by atoms with Gasteiger partial charge < -0.3 is 20.1 Å². The van der Waals surface area contributed by atoms with Crippen molar-refractivity contribution in [3.05, 3.63) is 85.8 Å². The standard InChI is InChI=1S/C30H28IN3O6S/c1-4-39-25-14-20(6-12-24(25)40-17-28(36)33-23-9-5-18(2)19(3)13-23)15-26-29(37)34(30(38)41-26)16-27(35)32-22-10-7-21(31)8-11-22/h5-15H,4,16-17H2,1-3H3,(H,32,35)(H,33,36)/b26-15+. The number of anilines is 2. The van der Waals surface area contributed by atoms with E-state index in [1.807, 2.05) is 51.1 Å². The minimum atomic E-state index is -0.556. The zero-order chi connectivity index (χ0) is 29.5. The fourth-order valence-corrected chi connectivity index (χ4v) is 5.02. The Bertz CT molecular complexity index is 1520. The molecule has 41 heavy (non-hydrogen) atoms. The lowest BCUT2D eigenvalue weighted by atomic mass is 10.1. The van der Waals surface area contributed by atoms with E-state index in [1.165, 1.54) is 0 Å². The van der Waals surface area contributed by atoms with Crippen molar-refractivity contribution in [3.63, 3.8) is 0 Å². The highest BCUT2D eigenvalue weighted by Crippen LogP contribution is 2.34. The number of thioether (sulfide) groups is 1. The van der Waals surface area contributed by atoms with Crippen LogP contribution in [0.1, 0.15) is 23.6 Å². The summed E-state index contributed by atoms with van der Waals surface area (Å²) in [7, 11) is 0. The summed E-state index contributed by atoms with van der Waals surface area (Å²) in [6.45, 7) is 5.52. The summed E-state index contributed by atoms with van der Waals surface area (Å²) < 4.78 is 12.4. The molecule has 0 atom stereocenters. The van der Waals surface area contributed by atoms with E-state index in [0.717, 1.165) is 31.4 Å². The van der Waals surface area contributed by atoms with Crippen LogP contribution in [0.15, 0.2) is 65.6 Å². The Hall–Kier alpha value is -3.84. The molecule has 2 N–H and O–H groups in total. The number of carbonyl (C=O) groups excluding carboxylic acids is 4. The quantitative estimate of drug-likeness (QED) is 0.199. The molecule has 1 fully saturated rings. The van der Waals surface area contributed by atoms with Crippen LogP contribution in [0.5, 0.6) is 11.5 Å². The minimum Gasteiger partial charge on any atom is -0.490 e. The maximum Gasteiger partial charge on any atom is 0.294 e. The normalized spacial score (nSPS) is 13.9. The molecule has 0 bridgehead atoms. The Balaban J connectivity index is 1.40. The highest BCUT2D eigenvalue weighted by atomic mass is 127. The van der Waals surface area contributed by atoms with Gasteiger partial charge in [-0.3, -0.25) is 24.1 Å². The van der Waals surface area contributed by atoms with E-state index in [-0.39, 0.29) is 17.4 Å². The van der Waals surface area contributed by atoms with Gasteiger partial charge in [0.1, 0.15) is 6.54 Å². The predicted molar refractivity (Wildman–Crippen MR) is 168 cm³/mol. The highest BCUT2D eigenvalue weighted by Gasteiger charge is 2.36. The van der Waals surface area contributed by atoms with Gasteiger partial charge in [0, 0.05) is 14.9 Å². The molecule has 4 rings (SSSR count). The van der Waals surface area contributed by atoms with Crippen molar-refractivity contribution in [1.82, 2.24) is 4.90 Å². The third-order valence-electron chi connectivity index (χ3n) is 6.02. The fraction of sp³-hybridized carbons (Fsp3) is 0.200. The first-order valence-electron chi connectivity index (χ1n) is 12.7. The number of amides is 4. The van der Waals surface area contributed by atoms with Crippen molar-refractivity contribution >= 4 is 74.8 Å². The first-order chi connectivity index (χ1) is 19.6. The molecule has 3 aromatic carbocycles. The summed E-state index contributed by atoms with van der Waals surface area (Å²) in [6, 6.07) is 17.8. The lowest BCUT2D eigenvalue weighted by Crippen LogP contribution is -2.36. The lowest BCUT2D eigenvalue weighted by molar-refractivity contribution is -0.127. The Labute approximate surface area is 255 Å². The molecular weight excluding hydrogens is 657 g/mol. The average molecular weight is 686 g/mol. The Kier molecular flexibility index (Phi) is 10.1. The van der Waals surface area contributed by atoms with Crippen molar-refractivity contribution in [1.29, 1.82) is 0 Å². The molecule has 212 valence electrons. The van der Waals surface area contributed by atoms with E-state index in [4.69, 9.17) is 9.47 Å². The van der Waals surface area contributed by atoms with Gasteiger partial charge in [-0.2, -0.15) is 0 Å². The number of ether oxygens (including phenoxy) is 2. The first kappa shape index (κ1) is 30.1. The van der Waals surface area contributed by atoms with Crippen LogP contribution in [-0.4, -0.2) is 47.6 Å². The van der Waals surface area contributed by atoms with Crippen molar-refractivity contribution in [2.45, 2.75) is 20.8 Å². The van der Waals surface area contributed by atoms with Crippen LogP contribution in [0, 0.1) is 17.4 Å². The van der Waals surface area contributed by atoms with Gasteiger partial charge in [-0.05, 0) is 126 Å². The van der Waals surface area contributed by atoms with Gasteiger partial charge in [-0.25, -0.2) is 0 Å². The van der Waals surface area contributed by atoms with Crippen molar-refractivity contribution < 1.29 is 28.7 Å². The zero-order valence-electron chi connectivity index (χ0n) is 22.7. The van der Waals surface area contributed by atoms with Crippen molar-refractivity contribution in [2.24, 2.45) is 0 Å². The Morgan fingerprint density at radius 3 is 2.29 bits per heavy atom. The fourth-order valence-electron chi connectivity index (χ4n) is 3.83. The summed E-state index contributed by atoms with van der Waals surface area (Å²) >= 11 is 2.92. The van der Waals surface area contributed by atoms with Crippen molar-refractivity contribution in [3.8, 4) is 11.5 Å². The molecule has 0 aromatic heterocycles. The molecule has 11 heteroatoms. The Morgan fingerprint density at radius 2 is 1.59 bits per heavy atom. The molecule has 1 saturated heterocycles. The summed E-state index contributed by atoms with van der Waals surface area (Å²) in [5.41, 5.74) is 4.05. The van der Waals surface area contributed by atoms with E-state index in [0.29, 0.717) is 35.0 Å².